The lowest BCUT2D eigenvalue weighted by Crippen LogP contribution is -2.40. The molecular weight excluding hydrogens is 318 g/mol. The van der Waals surface area contributed by atoms with Crippen LogP contribution in [0.3, 0.4) is 0 Å². The molecule has 2 N–H and O–H groups in total. The SMILES string of the molecule is CC[C@H](Nc1c(Nc2cccc(C(=O)N(C)C)c2)c(=O)c1=O)C(C)C. The van der Waals surface area contributed by atoms with Crippen LogP contribution in [0.5, 0.6) is 0 Å². The fraction of sp³-hybridized carbons (Fsp3) is 0.421. The molecule has 0 fully saturated rings. The maximum absolute atomic E-state index is 12.1. The third kappa shape index (κ3) is 3.90. The Morgan fingerprint density at radius 3 is 2.32 bits per heavy atom. The molecule has 0 spiro atoms. The van der Waals surface area contributed by atoms with Crippen molar-refractivity contribution in [2.45, 2.75) is 33.2 Å². The maximum atomic E-state index is 12.1. The van der Waals surface area contributed by atoms with Gasteiger partial charge in [-0.15, -0.1) is 0 Å². The molecular formula is C19H25N3O3. The second-order valence-electron chi connectivity index (χ2n) is 6.72. The number of hydrogen-bond donors (Lipinski definition) is 2. The van der Waals surface area contributed by atoms with Gasteiger partial charge in [0.05, 0.1) is 0 Å². The Bertz CT molecular complexity index is 833. The van der Waals surface area contributed by atoms with Gasteiger partial charge in [0.25, 0.3) is 16.8 Å². The maximum Gasteiger partial charge on any atom is 0.253 e. The highest BCUT2D eigenvalue weighted by Crippen LogP contribution is 2.24. The predicted octanol–water partition coefficient (Wildman–Crippen LogP) is 2.57. The zero-order chi connectivity index (χ0) is 18.7. The zero-order valence-corrected chi connectivity index (χ0v) is 15.3. The van der Waals surface area contributed by atoms with E-state index in [2.05, 4.69) is 24.5 Å². The summed E-state index contributed by atoms with van der Waals surface area (Å²) in [5, 5.41) is 6.17. The molecule has 1 atom stereocenters. The van der Waals surface area contributed by atoms with E-state index in [1.165, 1.54) is 4.90 Å². The first-order valence-electron chi connectivity index (χ1n) is 8.44. The molecule has 2 aromatic carbocycles. The molecule has 2 aromatic rings. The van der Waals surface area contributed by atoms with Gasteiger partial charge in [0.1, 0.15) is 11.4 Å². The van der Waals surface area contributed by atoms with Crippen LogP contribution in [0.15, 0.2) is 33.9 Å². The third-order valence-corrected chi connectivity index (χ3v) is 4.27. The topological polar surface area (TPSA) is 78.5 Å². The molecule has 0 heterocycles. The Balaban J connectivity index is 2.26. The standard InChI is InChI=1S/C19H25N3O3/c1-6-14(11(2)3)21-16-15(17(23)18(16)24)20-13-9-7-8-12(10-13)19(25)22(4)5/h7-11,14,20-21H,6H2,1-5H3/t14-/m0/s1. The first-order valence-corrected chi connectivity index (χ1v) is 8.44. The van der Waals surface area contributed by atoms with Gasteiger partial charge in [-0.3, -0.25) is 14.4 Å². The molecule has 0 aliphatic heterocycles. The number of carbonyl (C=O) groups excluding carboxylic acids is 1. The van der Waals surface area contributed by atoms with Gasteiger partial charge >= 0.3 is 0 Å². The number of rotatable bonds is 7. The minimum atomic E-state index is -0.537. The smallest absolute Gasteiger partial charge is 0.253 e. The number of nitrogens with zero attached hydrogens (tertiary/aromatic N) is 1. The quantitative estimate of drug-likeness (QED) is 0.756. The van der Waals surface area contributed by atoms with E-state index < -0.39 is 10.9 Å². The molecule has 134 valence electrons. The second-order valence-corrected chi connectivity index (χ2v) is 6.72. The first-order chi connectivity index (χ1) is 11.8. The Morgan fingerprint density at radius 2 is 1.76 bits per heavy atom. The van der Waals surface area contributed by atoms with Gasteiger partial charge in [-0.05, 0) is 30.5 Å². The summed E-state index contributed by atoms with van der Waals surface area (Å²) in [5.74, 6) is 0.209. The number of nitrogens with one attached hydrogen (secondary N) is 2. The van der Waals surface area contributed by atoms with E-state index in [1.54, 1.807) is 38.4 Å². The molecule has 6 heteroatoms. The van der Waals surface area contributed by atoms with Crippen molar-refractivity contribution in [1.82, 2.24) is 4.90 Å². The lowest BCUT2D eigenvalue weighted by Gasteiger charge is -2.24. The lowest BCUT2D eigenvalue weighted by atomic mass is 10.0. The van der Waals surface area contributed by atoms with E-state index in [0.29, 0.717) is 22.9 Å². The number of amides is 1. The van der Waals surface area contributed by atoms with Crippen molar-refractivity contribution in [2.75, 3.05) is 24.7 Å². The van der Waals surface area contributed by atoms with Gasteiger partial charge < -0.3 is 15.5 Å². The van der Waals surface area contributed by atoms with E-state index in [4.69, 9.17) is 0 Å². The van der Waals surface area contributed by atoms with Crippen LogP contribution in [0, 0.1) is 5.92 Å². The average molecular weight is 343 g/mol. The zero-order valence-electron chi connectivity index (χ0n) is 15.3. The molecule has 0 saturated carbocycles. The first kappa shape index (κ1) is 18.7. The fourth-order valence-corrected chi connectivity index (χ4v) is 2.71. The Kier molecular flexibility index (Phi) is 5.62. The van der Waals surface area contributed by atoms with Crippen molar-refractivity contribution in [3.05, 3.63) is 50.3 Å². The van der Waals surface area contributed by atoms with Crippen molar-refractivity contribution >= 4 is 23.0 Å². The summed E-state index contributed by atoms with van der Waals surface area (Å²) in [6.07, 6.45) is 0.850. The van der Waals surface area contributed by atoms with Crippen LogP contribution < -0.4 is 21.5 Å². The van der Waals surface area contributed by atoms with Gasteiger partial charge in [0.15, 0.2) is 0 Å². The van der Waals surface area contributed by atoms with E-state index in [-0.39, 0.29) is 17.6 Å². The Labute approximate surface area is 147 Å². The van der Waals surface area contributed by atoms with Crippen molar-refractivity contribution in [2.24, 2.45) is 5.92 Å². The van der Waals surface area contributed by atoms with Crippen molar-refractivity contribution in [3.8, 4) is 0 Å². The fourth-order valence-electron chi connectivity index (χ4n) is 2.71. The van der Waals surface area contributed by atoms with Crippen LogP contribution in [0.1, 0.15) is 37.6 Å². The van der Waals surface area contributed by atoms with Gasteiger partial charge in [0.2, 0.25) is 0 Å². The highest BCUT2D eigenvalue weighted by atomic mass is 16.2. The molecule has 0 aliphatic rings. The number of anilines is 3. The van der Waals surface area contributed by atoms with Gasteiger partial charge in [0, 0.05) is 31.4 Å². The van der Waals surface area contributed by atoms with Crippen LogP contribution in [0.25, 0.3) is 0 Å². The number of hydrogen-bond acceptors (Lipinski definition) is 5. The summed E-state index contributed by atoms with van der Waals surface area (Å²) < 4.78 is 0. The summed E-state index contributed by atoms with van der Waals surface area (Å²) >= 11 is 0. The molecule has 0 aromatic heterocycles. The molecule has 0 saturated heterocycles. The molecule has 2 rings (SSSR count). The normalized spacial score (nSPS) is 12.2. The molecule has 0 aliphatic carbocycles. The molecule has 0 bridgehead atoms. The van der Waals surface area contributed by atoms with Crippen molar-refractivity contribution < 1.29 is 4.79 Å². The summed E-state index contributed by atoms with van der Waals surface area (Å²) in [4.78, 5) is 37.4. The average Bonchev–Trinajstić information content (AvgIpc) is 2.59. The van der Waals surface area contributed by atoms with Crippen molar-refractivity contribution in [1.29, 1.82) is 0 Å². The van der Waals surface area contributed by atoms with Gasteiger partial charge in [-0.25, -0.2) is 0 Å². The Hall–Kier alpha value is -2.63. The predicted molar refractivity (Wildman–Crippen MR) is 102 cm³/mol. The van der Waals surface area contributed by atoms with Gasteiger partial charge in [-0.2, -0.15) is 0 Å². The minimum absolute atomic E-state index is 0.116. The van der Waals surface area contributed by atoms with Crippen LogP contribution in [0.4, 0.5) is 17.1 Å². The second kappa shape index (κ2) is 7.51. The van der Waals surface area contributed by atoms with Crippen LogP contribution in [0.2, 0.25) is 0 Å². The monoisotopic (exact) mass is 343 g/mol. The summed E-state index contributed by atoms with van der Waals surface area (Å²) in [7, 11) is 3.36. The number of carbonyl (C=O) groups is 1. The number of benzene rings is 1. The highest BCUT2D eigenvalue weighted by Gasteiger charge is 2.24. The largest absolute Gasteiger partial charge is 0.377 e. The molecule has 25 heavy (non-hydrogen) atoms. The third-order valence-electron chi connectivity index (χ3n) is 4.27. The molecule has 6 nitrogen and oxygen atoms in total. The van der Waals surface area contributed by atoms with E-state index in [1.807, 2.05) is 6.92 Å². The van der Waals surface area contributed by atoms with Crippen LogP contribution in [-0.4, -0.2) is 30.9 Å². The van der Waals surface area contributed by atoms with Crippen molar-refractivity contribution in [3.63, 3.8) is 0 Å². The summed E-state index contributed by atoms with van der Waals surface area (Å²) in [5.41, 5.74) is 0.665. The highest BCUT2D eigenvalue weighted by molar-refractivity contribution is 5.95. The van der Waals surface area contributed by atoms with E-state index in [0.717, 1.165) is 6.42 Å². The minimum Gasteiger partial charge on any atom is -0.377 e. The Morgan fingerprint density at radius 1 is 1.12 bits per heavy atom. The van der Waals surface area contributed by atoms with E-state index in [9.17, 15) is 14.4 Å². The van der Waals surface area contributed by atoms with E-state index >= 15 is 0 Å². The molecule has 0 unspecified atom stereocenters. The summed E-state index contributed by atoms with van der Waals surface area (Å²) in [6, 6.07) is 6.99. The molecule has 0 radical (unpaired) electrons. The van der Waals surface area contributed by atoms with Gasteiger partial charge in [-0.1, -0.05) is 26.8 Å². The summed E-state index contributed by atoms with van der Waals surface area (Å²) in [6.45, 7) is 6.17. The molecule has 1 amide bonds. The van der Waals surface area contributed by atoms with Crippen LogP contribution in [-0.2, 0) is 0 Å². The lowest BCUT2D eigenvalue weighted by molar-refractivity contribution is 0.0827. The van der Waals surface area contributed by atoms with Crippen LogP contribution >= 0.6 is 0 Å².